The zero-order valence-electron chi connectivity index (χ0n) is 14.0. The molecule has 1 saturated heterocycles. The summed E-state index contributed by atoms with van der Waals surface area (Å²) in [6, 6.07) is 5.32. The second kappa shape index (κ2) is 9.75. The molecule has 6 heteroatoms. The molecule has 1 aliphatic rings. The summed E-state index contributed by atoms with van der Waals surface area (Å²) in [5.41, 5.74) is 0.521. The van der Waals surface area contributed by atoms with Crippen molar-refractivity contribution < 1.29 is 19.0 Å². The fourth-order valence-electron chi connectivity index (χ4n) is 2.87. The molecule has 2 atom stereocenters. The van der Waals surface area contributed by atoms with E-state index in [1.54, 1.807) is 25.3 Å². The first kappa shape index (κ1) is 19.7. The normalized spacial score (nSPS) is 21.3. The van der Waals surface area contributed by atoms with Crippen LogP contribution in [-0.4, -0.2) is 56.7 Å². The quantitative estimate of drug-likeness (QED) is 0.563. The number of aldehydes is 1. The van der Waals surface area contributed by atoms with Crippen LogP contribution in [0.2, 0.25) is 0 Å². The van der Waals surface area contributed by atoms with Crippen LogP contribution in [0.1, 0.15) is 30.6 Å². The Labute approximate surface area is 144 Å². The van der Waals surface area contributed by atoms with E-state index in [0.717, 1.165) is 32.3 Å². The van der Waals surface area contributed by atoms with Crippen molar-refractivity contribution in [3.63, 3.8) is 0 Å². The van der Waals surface area contributed by atoms with E-state index < -0.39 is 0 Å². The number of methoxy groups -OCH3 is 1. The van der Waals surface area contributed by atoms with E-state index in [1.165, 1.54) is 0 Å². The maximum atomic E-state index is 11.1. The maximum Gasteiger partial charge on any atom is 0.171 e. The average Bonchev–Trinajstić information content (AvgIpc) is 2.50. The summed E-state index contributed by atoms with van der Waals surface area (Å²) < 4.78 is 16.8. The van der Waals surface area contributed by atoms with Gasteiger partial charge in [0, 0.05) is 19.6 Å². The van der Waals surface area contributed by atoms with Crippen LogP contribution in [0.3, 0.4) is 0 Å². The summed E-state index contributed by atoms with van der Waals surface area (Å²) in [6.45, 7) is 7.64. The topological polar surface area (TPSA) is 48.0 Å². The Morgan fingerprint density at radius 3 is 2.61 bits per heavy atom. The molecule has 0 spiro atoms. The van der Waals surface area contributed by atoms with Gasteiger partial charge in [-0.25, -0.2) is 0 Å². The molecule has 2 unspecified atom stereocenters. The van der Waals surface area contributed by atoms with Crippen molar-refractivity contribution in [3.8, 4) is 11.5 Å². The molecule has 0 aliphatic carbocycles. The molecule has 0 saturated carbocycles. The Kier molecular flexibility index (Phi) is 8.37. The van der Waals surface area contributed by atoms with Crippen molar-refractivity contribution in [1.29, 1.82) is 0 Å². The summed E-state index contributed by atoms with van der Waals surface area (Å²) in [6.07, 6.45) is 2.25. The minimum absolute atomic E-state index is 0. The van der Waals surface area contributed by atoms with Gasteiger partial charge < -0.3 is 14.2 Å². The molecule has 1 aliphatic heterocycles. The molecular weight excluding hydrogens is 318 g/mol. The molecule has 0 aromatic heterocycles. The van der Waals surface area contributed by atoms with Gasteiger partial charge in [-0.1, -0.05) is 6.07 Å². The third-order valence-corrected chi connectivity index (χ3v) is 3.72. The smallest absolute Gasteiger partial charge is 0.171 e. The molecular formula is C17H26ClNO4. The molecule has 2 rings (SSSR count). The van der Waals surface area contributed by atoms with E-state index in [2.05, 4.69) is 18.7 Å². The molecule has 0 amide bonds. The monoisotopic (exact) mass is 343 g/mol. The van der Waals surface area contributed by atoms with Crippen molar-refractivity contribution >= 4 is 18.7 Å². The molecule has 1 aromatic rings. The van der Waals surface area contributed by atoms with Crippen LogP contribution in [0, 0.1) is 0 Å². The summed E-state index contributed by atoms with van der Waals surface area (Å²) in [4.78, 5) is 13.5. The van der Waals surface area contributed by atoms with Crippen molar-refractivity contribution in [2.75, 3.05) is 33.4 Å². The second-order valence-electron chi connectivity index (χ2n) is 5.72. The minimum Gasteiger partial charge on any atom is -0.493 e. The third kappa shape index (κ3) is 5.68. The number of benzene rings is 1. The lowest BCUT2D eigenvalue weighted by Gasteiger charge is -2.35. The molecule has 0 bridgehead atoms. The number of ether oxygens (including phenoxy) is 3. The van der Waals surface area contributed by atoms with Crippen molar-refractivity contribution in [2.45, 2.75) is 32.5 Å². The van der Waals surface area contributed by atoms with Crippen LogP contribution in [0.25, 0.3) is 0 Å². The molecule has 0 N–H and O–H groups in total. The van der Waals surface area contributed by atoms with Gasteiger partial charge in [0.1, 0.15) is 0 Å². The Balaban J connectivity index is 0.00000264. The molecule has 5 nitrogen and oxygen atoms in total. The first-order chi connectivity index (χ1) is 10.6. The van der Waals surface area contributed by atoms with Crippen LogP contribution < -0.4 is 9.47 Å². The molecule has 130 valence electrons. The van der Waals surface area contributed by atoms with Crippen LogP contribution in [0.15, 0.2) is 18.2 Å². The van der Waals surface area contributed by atoms with E-state index >= 15 is 0 Å². The highest BCUT2D eigenvalue weighted by Crippen LogP contribution is 2.30. The fraction of sp³-hybridized carbons (Fsp3) is 0.588. The number of rotatable bonds is 7. The minimum atomic E-state index is 0. The van der Waals surface area contributed by atoms with Gasteiger partial charge in [-0.2, -0.15) is 0 Å². The number of nitrogens with zero attached hydrogens (tertiary/aromatic N) is 1. The molecule has 1 aromatic carbocycles. The maximum absolute atomic E-state index is 11.1. The second-order valence-corrected chi connectivity index (χ2v) is 5.72. The highest BCUT2D eigenvalue weighted by atomic mass is 35.5. The zero-order valence-corrected chi connectivity index (χ0v) is 14.8. The standard InChI is InChI=1S/C17H25NO4.ClH/c1-13-10-18(11-14(2)22-13)8-5-9-21-17-15(12-19)6-4-7-16(17)20-3;/h4,6-7,12-14H,5,8-11H2,1-3H3;1H. The molecule has 0 radical (unpaired) electrons. The number of hydrogen-bond acceptors (Lipinski definition) is 5. The third-order valence-electron chi connectivity index (χ3n) is 3.72. The Bertz CT molecular complexity index is 487. The highest BCUT2D eigenvalue weighted by molar-refractivity contribution is 5.85. The van der Waals surface area contributed by atoms with E-state index in [4.69, 9.17) is 14.2 Å². The van der Waals surface area contributed by atoms with Crippen LogP contribution in [-0.2, 0) is 4.74 Å². The first-order valence-electron chi connectivity index (χ1n) is 7.76. The summed E-state index contributed by atoms with van der Waals surface area (Å²) in [7, 11) is 1.58. The SMILES string of the molecule is COc1cccc(C=O)c1OCCCN1CC(C)OC(C)C1.Cl. The number of morpholine rings is 1. The van der Waals surface area contributed by atoms with E-state index in [0.29, 0.717) is 23.7 Å². The predicted octanol–water partition coefficient (Wildman–Crippen LogP) is 2.81. The average molecular weight is 344 g/mol. The fourth-order valence-corrected chi connectivity index (χ4v) is 2.87. The Hall–Kier alpha value is -1.30. The Morgan fingerprint density at radius 2 is 2.00 bits per heavy atom. The van der Waals surface area contributed by atoms with Gasteiger partial charge in [-0.3, -0.25) is 9.69 Å². The number of hydrogen-bond donors (Lipinski definition) is 0. The number of halogens is 1. The Morgan fingerprint density at radius 1 is 1.30 bits per heavy atom. The largest absolute Gasteiger partial charge is 0.493 e. The van der Waals surface area contributed by atoms with E-state index in [1.807, 2.05) is 0 Å². The number of para-hydroxylation sites is 1. The summed E-state index contributed by atoms with van der Waals surface area (Å²) >= 11 is 0. The van der Waals surface area contributed by atoms with Crippen LogP contribution in [0.4, 0.5) is 0 Å². The van der Waals surface area contributed by atoms with Gasteiger partial charge in [-0.05, 0) is 32.4 Å². The van der Waals surface area contributed by atoms with E-state index in [9.17, 15) is 4.79 Å². The van der Waals surface area contributed by atoms with Gasteiger partial charge in [0.15, 0.2) is 17.8 Å². The number of carbonyl (C=O) groups is 1. The van der Waals surface area contributed by atoms with E-state index in [-0.39, 0.29) is 24.6 Å². The molecule has 1 fully saturated rings. The lowest BCUT2D eigenvalue weighted by atomic mass is 10.2. The highest BCUT2D eigenvalue weighted by Gasteiger charge is 2.21. The number of carbonyl (C=O) groups excluding carboxylic acids is 1. The van der Waals surface area contributed by atoms with Gasteiger partial charge in [0.05, 0.1) is 31.5 Å². The van der Waals surface area contributed by atoms with Gasteiger partial charge in [0.2, 0.25) is 0 Å². The van der Waals surface area contributed by atoms with Gasteiger partial charge in [-0.15, -0.1) is 12.4 Å². The van der Waals surface area contributed by atoms with Crippen LogP contribution in [0.5, 0.6) is 11.5 Å². The summed E-state index contributed by atoms with van der Waals surface area (Å²) in [5, 5.41) is 0. The molecule has 1 heterocycles. The lowest BCUT2D eigenvalue weighted by Crippen LogP contribution is -2.45. The predicted molar refractivity (Wildman–Crippen MR) is 92.2 cm³/mol. The van der Waals surface area contributed by atoms with Gasteiger partial charge in [0.25, 0.3) is 0 Å². The lowest BCUT2D eigenvalue weighted by molar-refractivity contribution is -0.0686. The molecule has 23 heavy (non-hydrogen) atoms. The van der Waals surface area contributed by atoms with Gasteiger partial charge >= 0.3 is 0 Å². The van der Waals surface area contributed by atoms with Crippen molar-refractivity contribution in [3.05, 3.63) is 23.8 Å². The van der Waals surface area contributed by atoms with Crippen LogP contribution >= 0.6 is 12.4 Å². The van der Waals surface area contributed by atoms with Crippen molar-refractivity contribution in [2.24, 2.45) is 0 Å². The van der Waals surface area contributed by atoms with Crippen molar-refractivity contribution in [1.82, 2.24) is 4.90 Å². The zero-order chi connectivity index (χ0) is 15.9. The summed E-state index contributed by atoms with van der Waals surface area (Å²) in [5.74, 6) is 1.13. The first-order valence-corrected chi connectivity index (χ1v) is 7.76.